The van der Waals surface area contributed by atoms with Crippen molar-refractivity contribution in [1.29, 1.82) is 0 Å². The number of nitrogens with zero attached hydrogens (tertiary/aromatic N) is 1. The van der Waals surface area contributed by atoms with E-state index in [0.717, 1.165) is 0 Å². The number of aliphatic imine (C=N–C) groups is 1. The molecule has 0 saturated heterocycles. The van der Waals surface area contributed by atoms with E-state index in [1.165, 1.54) is 6.21 Å². The lowest BCUT2D eigenvalue weighted by Crippen LogP contribution is -2.02. The second-order valence-electron chi connectivity index (χ2n) is 1.37. The fraction of sp³-hybridized carbons (Fsp3) is 0.500. The van der Waals surface area contributed by atoms with Gasteiger partial charge in [0.05, 0.1) is 6.21 Å². The molecule has 0 fully saturated rings. The zero-order valence-electron chi connectivity index (χ0n) is 3.92. The Morgan fingerprint density at radius 3 is 2.86 bits per heavy atom. The summed E-state index contributed by atoms with van der Waals surface area (Å²) >= 11 is 0. The largest absolute Gasteiger partial charge is 0.439 e. The third kappa shape index (κ3) is 0.765. The van der Waals surface area contributed by atoms with Gasteiger partial charge in [-0.15, -0.1) is 0 Å². The Labute approximate surface area is 41.0 Å². The van der Waals surface area contributed by atoms with Crippen molar-refractivity contribution in [2.75, 3.05) is 0 Å². The van der Waals surface area contributed by atoms with Crippen LogP contribution in [0.2, 0.25) is 0 Å². The maximum atomic E-state index is 10.0. The molecule has 1 atom stereocenters. The Morgan fingerprint density at radius 2 is 2.71 bits per heavy atom. The number of hydrogen-bond acceptors (Lipinski definition) is 2. The third-order valence-corrected chi connectivity index (χ3v) is 0.677. The molecule has 7 heavy (non-hydrogen) atoms. The van der Waals surface area contributed by atoms with E-state index in [4.69, 9.17) is 0 Å². The highest BCUT2D eigenvalue weighted by molar-refractivity contribution is 5.87. The monoisotopic (exact) mass is 99.0 g/mol. The normalized spacial score (nSPS) is 28.1. The topological polar surface area (TPSA) is 38.7 Å². The molecule has 0 N–H and O–H groups in total. The summed E-state index contributed by atoms with van der Waals surface area (Å²) < 4.78 is 4.50. The van der Waals surface area contributed by atoms with Gasteiger partial charge in [0.2, 0.25) is 0 Å². The lowest BCUT2D eigenvalue weighted by Gasteiger charge is -1.92. The molecule has 1 aliphatic rings. The van der Waals surface area contributed by atoms with Crippen LogP contribution in [0.1, 0.15) is 6.92 Å². The highest BCUT2D eigenvalue weighted by Gasteiger charge is 2.10. The smallest absolute Gasteiger partial charge is 0.433 e. The first-order valence-electron chi connectivity index (χ1n) is 2.04. The summed E-state index contributed by atoms with van der Waals surface area (Å²) in [7, 11) is 0. The van der Waals surface area contributed by atoms with Crippen molar-refractivity contribution in [1.82, 2.24) is 0 Å². The van der Waals surface area contributed by atoms with E-state index in [9.17, 15) is 4.79 Å². The van der Waals surface area contributed by atoms with E-state index >= 15 is 0 Å². The maximum absolute atomic E-state index is 10.0. The lowest BCUT2D eigenvalue weighted by molar-refractivity contribution is 0.156. The van der Waals surface area contributed by atoms with Crippen molar-refractivity contribution in [3.63, 3.8) is 0 Å². The minimum atomic E-state index is -0.479. The molecule has 3 heteroatoms. The maximum Gasteiger partial charge on any atom is 0.433 e. The Morgan fingerprint density at radius 1 is 2.00 bits per heavy atom. The van der Waals surface area contributed by atoms with Gasteiger partial charge in [0.25, 0.3) is 0 Å². The van der Waals surface area contributed by atoms with Gasteiger partial charge in [-0.1, -0.05) is 0 Å². The van der Waals surface area contributed by atoms with Gasteiger partial charge in [-0.2, -0.15) is 4.99 Å². The van der Waals surface area contributed by atoms with Crippen molar-refractivity contribution in [2.45, 2.75) is 13.0 Å². The molecular formula is C4H5NO2. The molecule has 0 bridgehead atoms. The second-order valence-corrected chi connectivity index (χ2v) is 1.37. The van der Waals surface area contributed by atoms with Crippen LogP contribution in [-0.2, 0) is 4.74 Å². The summed E-state index contributed by atoms with van der Waals surface area (Å²) in [4.78, 5) is 13.4. The van der Waals surface area contributed by atoms with Gasteiger partial charge >= 0.3 is 6.09 Å². The van der Waals surface area contributed by atoms with Crippen LogP contribution in [0.4, 0.5) is 4.79 Å². The van der Waals surface area contributed by atoms with E-state index in [1.807, 2.05) is 0 Å². The lowest BCUT2D eigenvalue weighted by atomic mass is 10.5. The number of carbonyl (C=O) groups is 1. The van der Waals surface area contributed by atoms with Crippen LogP contribution >= 0.6 is 0 Å². The first kappa shape index (κ1) is 4.30. The minimum Gasteiger partial charge on any atom is -0.439 e. The number of hydrogen-bond donors (Lipinski definition) is 0. The highest BCUT2D eigenvalue weighted by atomic mass is 16.6. The predicted molar refractivity (Wildman–Crippen MR) is 24.4 cm³/mol. The van der Waals surface area contributed by atoms with E-state index in [2.05, 4.69) is 9.73 Å². The average Bonchev–Trinajstić information content (AvgIpc) is 1.87. The van der Waals surface area contributed by atoms with Gasteiger partial charge < -0.3 is 4.74 Å². The first-order chi connectivity index (χ1) is 3.29. The number of amides is 1. The van der Waals surface area contributed by atoms with Gasteiger partial charge in [-0.3, -0.25) is 0 Å². The molecule has 38 valence electrons. The highest BCUT2D eigenvalue weighted by Crippen LogP contribution is 1.97. The zero-order valence-corrected chi connectivity index (χ0v) is 3.92. The van der Waals surface area contributed by atoms with Crippen LogP contribution in [0.5, 0.6) is 0 Å². The summed E-state index contributed by atoms with van der Waals surface area (Å²) in [6.45, 7) is 1.76. The third-order valence-electron chi connectivity index (χ3n) is 0.677. The van der Waals surface area contributed by atoms with E-state index < -0.39 is 6.09 Å². The first-order valence-corrected chi connectivity index (χ1v) is 2.04. The number of ether oxygens (including phenoxy) is 1. The van der Waals surface area contributed by atoms with Crippen molar-refractivity contribution in [3.05, 3.63) is 0 Å². The van der Waals surface area contributed by atoms with Crippen molar-refractivity contribution >= 4 is 12.3 Å². The Hall–Kier alpha value is -0.860. The molecule has 1 aliphatic heterocycles. The zero-order chi connectivity index (χ0) is 5.28. The minimum absolute atomic E-state index is 0.118. The summed E-state index contributed by atoms with van der Waals surface area (Å²) in [5.41, 5.74) is 0. The Bertz CT molecular complexity index is 119. The summed E-state index contributed by atoms with van der Waals surface area (Å²) in [6, 6.07) is 0. The van der Waals surface area contributed by atoms with Gasteiger partial charge in [-0.25, -0.2) is 4.79 Å². The molecule has 0 aromatic rings. The molecule has 0 aliphatic carbocycles. The average molecular weight is 99.1 g/mol. The van der Waals surface area contributed by atoms with Crippen LogP contribution in [-0.4, -0.2) is 18.4 Å². The van der Waals surface area contributed by atoms with Gasteiger partial charge in [0, 0.05) is 0 Å². The molecule has 3 nitrogen and oxygen atoms in total. The van der Waals surface area contributed by atoms with E-state index in [0.29, 0.717) is 0 Å². The molecule has 1 rings (SSSR count). The van der Waals surface area contributed by atoms with E-state index in [1.54, 1.807) is 6.92 Å². The molecule has 0 aromatic heterocycles. The fourth-order valence-corrected chi connectivity index (χ4v) is 0.386. The molecule has 1 unspecified atom stereocenters. The molecule has 1 heterocycles. The summed E-state index contributed by atoms with van der Waals surface area (Å²) in [6.07, 6.45) is 0.877. The van der Waals surface area contributed by atoms with E-state index in [-0.39, 0.29) is 6.10 Å². The number of cyclic esters (lactones) is 1. The Balaban J connectivity index is 2.58. The van der Waals surface area contributed by atoms with Crippen LogP contribution in [0.3, 0.4) is 0 Å². The van der Waals surface area contributed by atoms with Crippen molar-refractivity contribution in [3.8, 4) is 0 Å². The van der Waals surface area contributed by atoms with Gasteiger partial charge in [0.1, 0.15) is 6.10 Å². The molecule has 0 radical (unpaired) electrons. The van der Waals surface area contributed by atoms with Gasteiger partial charge in [-0.05, 0) is 6.92 Å². The van der Waals surface area contributed by atoms with Crippen LogP contribution < -0.4 is 0 Å². The Kier molecular flexibility index (Phi) is 0.817. The summed E-state index contributed by atoms with van der Waals surface area (Å²) in [5, 5.41) is 0. The molecule has 0 spiro atoms. The molecule has 1 amide bonds. The van der Waals surface area contributed by atoms with Gasteiger partial charge in [0.15, 0.2) is 0 Å². The van der Waals surface area contributed by atoms with Crippen LogP contribution in [0, 0.1) is 0 Å². The molecule has 0 aromatic carbocycles. The van der Waals surface area contributed by atoms with Crippen LogP contribution in [0.15, 0.2) is 4.99 Å². The van der Waals surface area contributed by atoms with Crippen molar-refractivity contribution in [2.24, 2.45) is 4.99 Å². The predicted octanol–water partition coefficient (Wildman–Crippen LogP) is 0.596. The number of rotatable bonds is 0. The van der Waals surface area contributed by atoms with Crippen LogP contribution in [0.25, 0.3) is 0 Å². The fourth-order valence-electron chi connectivity index (χ4n) is 0.386. The molecular weight excluding hydrogens is 94.0 g/mol. The molecule has 0 saturated carbocycles. The second kappa shape index (κ2) is 1.33. The van der Waals surface area contributed by atoms with Crippen molar-refractivity contribution < 1.29 is 9.53 Å². The number of carbonyl (C=O) groups excluding carboxylic acids is 1. The standard InChI is InChI=1S/C4H5NO2/c1-3-2-5-4(6)7-3/h2-3H,1H3. The quantitative estimate of drug-likeness (QED) is 0.446. The summed E-state index contributed by atoms with van der Waals surface area (Å²) in [5.74, 6) is 0. The SMILES string of the molecule is CC1C=NC(=O)O1.